The van der Waals surface area contributed by atoms with Gasteiger partial charge in [0.15, 0.2) is 0 Å². The Morgan fingerprint density at radius 2 is 1.88 bits per heavy atom. The van der Waals surface area contributed by atoms with Gasteiger partial charge in [0.25, 0.3) is 0 Å². The molecule has 6 heteroatoms. The van der Waals surface area contributed by atoms with Gasteiger partial charge in [-0.25, -0.2) is 0 Å². The van der Waals surface area contributed by atoms with E-state index in [0.29, 0.717) is 0 Å². The maximum atomic E-state index is 12.1. The van der Waals surface area contributed by atoms with Crippen LogP contribution in [0.4, 0.5) is 11.4 Å². The normalized spacial score (nSPS) is 16.5. The summed E-state index contributed by atoms with van der Waals surface area (Å²) in [6.07, 6.45) is 1.64. The van der Waals surface area contributed by atoms with E-state index in [2.05, 4.69) is 39.5 Å². The Morgan fingerprint density at radius 3 is 2.50 bits per heavy atom. The summed E-state index contributed by atoms with van der Waals surface area (Å²) in [5, 5.41) is 6.09. The number of likely N-dealkylation sites (N-methyl/N-ethyl adjacent to an activating group) is 1. The minimum absolute atomic E-state index is 0.0000797. The number of nitrogens with one attached hydrogen (secondary N) is 2. The van der Waals surface area contributed by atoms with Crippen molar-refractivity contribution in [3.8, 4) is 0 Å². The first kappa shape index (κ1) is 18.5. The zero-order chi connectivity index (χ0) is 18.4. The van der Waals surface area contributed by atoms with Crippen LogP contribution in [0.3, 0.4) is 0 Å². The summed E-state index contributed by atoms with van der Waals surface area (Å²) in [4.78, 5) is 17.0. The number of nitrogens with zero attached hydrogens (tertiary/aromatic N) is 2. The van der Waals surface area contributed by atoms with Crippen LogP contribution in [0.25, 0.3) is 0 Å². The van der Waals surface area contributed by atoms with Gasteiger partial charge in [0.05, 0.1) is 18.8 Å². The first-order chi connectivity index (χ1) is 12.7. The molecule has 140 valence electrons. The van der Waals surface area contributed by atoms with Gasteiger partial charge in [0.1, 0.15) is 5.76 Å². The molecule has 2 heterocycles. The fraction of sp³-hybridized carbons (Fsp3) is 0.450. The molecule has 1 amide bonds. The van der Waals surface area contributed by atoms with E-state index in [1.54, 1.807) is 6.26 Å². The number of hydrogen-bond acceptors (Lipinski definition) is 5. The molecule has 0 bridgehead atoms. The van der Waals surface area contributed by atoms with Crippen LogP contribution in [0, 0.1) is 0 Å². The molecule has 0 radical (unpaired) electrons. The zero-order valence-corrected chi connectivity index (χ0v) is 15.6. The van der Waals surface area contributed by atoms with E-state index < -0.39 is 0 Å². The number of piperazine rings is 1. The molecule has 1 aromatic carbocycles. The van der Waals surface area contributed by atoms with Crippen LogP contribution in [-0.4, -0.2) is 50.1 Å². The molecule has 1 aliphatic heterocycles. The predicted molar refractivity (Wildman–Crippen MR) is 105 cm³/mol. The van der Waals surface area contributed by atoms with Crippen molar-refractivity contribution in [3.05, 3.63) is 48.4 Å². The summed E-state index contributed by atoms with van der Waals surface area (Å²) < 4.78 is 5.33. The highest BCUT2D eigenvalue weighted by molar-refractivity contribution is 5.92. The summed E-state index contributed by atoms with van der Waals surface area (Å²) in [6.45, 7) is 9.84. The molecular weight excluding hydrogens is 328 g/mol. The van der Waals surface area contributed by atoms with Crippen LogP contribution in [0.5, 0.6) is 0 Å². The van der Waals surface area contributed by atoms with Crippen molar-refractivity contribution in [3.63, 3.8) is 0 Å². The van der Waals surface area contributed by atoms with Crippen LogP contribution in [0.2, 0.25) is 0 Å². The molecule has 0 unspecified atom stereocenters. The number of amides is 1. The molecule has 2 aromatic rings. The fourth-order valence-electron chi connectivity index (χ4n) is 3.17. The van der Waals surface area contributed by atoms with Crippen LogP contribution in [-0.2, 0) is 4.79 Å². The molecule has 26 heavy (non-hydrogen) atoms. The van der Waals surface area contributed by atoms with Crippen molar-refractivity contribution in [2.24, 2.45) is 0 Å². The minimum atomic E-state index is -0.0623. The highest BCUT2D eigenvalue weighted by atomic mass is 16.3. The highest BCUT2D eigenvalue weighted by Gasteiger charge is 2.16. The van der Waals surface area contributed by atoms with E-state index in [1.807, 2.05) is 31.2 Å². The number of hydrogen-bond donors (Lipinski definition) is 2. The van der Waals surface area contributed by atoms with Gasteiger partial charge in [-0.1, -0.05) is 6.92 Å². The lowest BCUT2D eigenvalue weighted by atomic mass is 10.2. The fourth-order valence-corrected chi connectivity index (χ4v) is 3.17. The molecule has 1 atom stereocenters. The molecular formula is C20H28N4O2. The second-order valence-electron chi connectivity index (χ2n) is 6.63. The highest BCUT2D eigenvalue weighted by Crippen LogP contribution is 2.19. The third-order valence-electron chi connectivity index (χ3n) is 4.87. The van der Waals surface area contributed by atoms with Crippen LogP contribution in [0.15, 0.2) is 47.1 Å². The van der Waals surface area contributed by atoms with Gasteiger partial charge in [-0.2, -0.15) is 0 Å². The molecule has 0 saturated carbocycles. The van der Waals surface area contributed by atoms with Crippen molar-refractivity contribution < 1.29 is 9.21 Å². The Balaban J connectivity index is 1.45. The summed E-state index contributed by atoms with van der Waals surface area (Å²) >= 11 is 0. The molecule has 0 aliphatic carbocycles. The van der Waals surface area contributed by atoms with E-state index >= 15 is 0 Å². The lowest BCUT2D eigenvalue weighted by Gasteiger charge is -2.35. The summed E-state index contributed by atoms with van der Waals surface area (Å²) in [5.74, 6) is 0.762. The van der Waals surface area contributed by atoms with E-state index in [0.717, 1.165) is 44.2 Å². The Hall–Kier alpha value is -2.31. The average molecular weight is 356 g/mol. The van der Waals surface area contributed by atoms with E-state index in [-0.39, 0.29) is 18.5 Å². The SMILES string of the molecule is CCN1CCN(c2ccc(NC(=O)CN[C@@H](C)c3ccco3)cc2)CC1. The summed E-state index contributed by atoms with van der Waals surface area (Å²) in [6, 6.07) is 11.8. The maximum Gasteiger partial charge on any atom is 0.238 e. The monoisotopic (exact) mass is 356 g/mol. The van der Waals surface area contributed by atoms with E-state index in [4.69, 9.17) is 4.42 Å². The van der Waals surface area contributed by atoms with Gasteiger partial charge in [-0.15, -0.1) is 0 Å². The first-order valence-electron chi connectivity index (χ1n) is 9.29. The third kappa shape index (κ3) is 4.86. The van der Waals surface area contributed by atoms with Gasteiger partial charge in [-0.05, 0) is 49.9 Å². The van der Waals surface area contributed by atoms with Gasteiger partial charge in [0.2, 0.25) is 5.91 Å². The molecule has 3 rings (SSSR count). The van der Waals surface area contributed by atoms with Crippen molar-refractivity contribution in [1.82, 2.24) is 10.2 Å². The number of carbonyl (C=O) groups is 1. The number of carbonyl (C=O) groups excluding carboxylic acids is 1. The predicted octanol–water partition coefficient (Wildman–Crippen LogP) is 2.71. The number of furan rings is 1. The van der Waals surface area contributed by atoms with Crippen molar-refractivity contribution >= 4 is 17.3 Å². The Labute approximate surface area is 155 Å². The first-order valence-corrected chi connectivity index (χ1v) is 9.29. The van der Waals surface area contributed by atoms with Gasteiger partial charge < -0.3 is 19.5 Å². The topological polar surface area (TPSA) is 60.8 Å². The molecule has 1 aromatic heterocycles. The van der Waals surface area contributed by atoms with E-state index in [1.165, 1.54) is 5.69 Å². The minimum Gasteiger partial charge on any atom is -0.468 e. The second-order valence-corrected chi connectivity index (χ2v) is 6.63. The van der Waals surface area contributed by atoms with Gasteiger partial charge in [-0.3, -0.25) is 10.1 Å². The Bertz CT molecular complexity index is 676. The summed E-state index contributed by atoms with van der Waals surface area (Å²) in [5.41, 5.74) is 2.03. The number of rotatable bonds is 7. The molecule has 1 saturated heterocycles. The second kappa shape index (κ2) is 8.87. The Morgan fingerprint density at radius 1 is 1.15 bits per heavy atom. The molecule has 1 fully saturated rings. The largest absolute Gasteiger partial charge is 0.468 e. The standard InChI is InChI=1S/C20H28N4O2/c1-3-23-10-12-24(13-11-23)18-8-6-17(7-9-18)22-20(25)15-21-16(2)19-5-4-14-26-19/h4-9,14,16,21H,3,10-13,15H2,1-2H3,(H,22,25)/t16-/m0/s1. The van der Waals surface area contributed by atoms with Crippen molar-refractivity contribution in [1.29, 1.82) is 0 Å². The molecule has 0 spiro atoms. The van der Waals surface area contributed by atoms with Gasteiger partial charge in [0, 0.05) is 37.6 Å². The smallest absolute Gasteiger partial charge is 0.238 e. The third-order valence-corrected chi connectivity index (χ3v) is 4.87. The number of benzene rings is 1. The van der Waals surface area contributed by atoms with Crippen LogP contribution >= 0.6 is 0 Å². The zero-order valence-electron chi connectivity index (χ0n) is 15.6. The lowest BCUT2D eigenvalue weighted by molar-refractivity contribution is -0.115. The Kier molecular flexibility index (Phi) is 6.30. The van der Waals surface area contributed by atoms with Crippen LogP contribution in [0.1, 0.15) is 25.6 Å². The van der Waals surface area contributed by atoms with Crippen LogP contribution < -0.4 is 15.5 Å². The van der Waals surface area contributed by atoms with Crippen molar-refractivity contribution in [2.45, 2.75) is 19.9 Å². The molecule has 6 nitrogen and oxygen atoms in total. The van der Waals surface area contributed by atoms with E-state index in [9.17, 15) is 4.79 Å². The van der Waals surface area contributed by atoms with Gasteiger partial charge >= 0.3 is 0 Å². The molecule has 1 aliphatic rings. The van der Waals surface area contributed by atoms with Crippen molar-refractivity contribution in [2.75, 3.05) is 49.5 Å². The lowest BCUT2D eigenvalue weighted by Crippen LogP contribution is -2.46. The number of anilines is 2. The average Bonchev–Trinajstić information content (AvgIpc) is 3.22. The molecule has 2 N–H and O–H groups in total. The summed E-state index contributed by atoms with van der Waals surface area (Å²) in [7, 11) is 0. The maximum absolute atomic E-state index is 12.1. The quantitative estimate of drug-likeness (QED) is 0.799.